The minimum atomic E-state index is -0.473. The Morgan fingerprint density at radius 3 is 2.55 bits per heavy atom. The molecule has 0 aliphatic carbocycles. The van der Waals surface area contributed by atoms with Crippen LogP contribution in [0.15, 0.2) is 36.4 Å². The van der Waals surface area contributed by atoms with Crippen molar-refractivity contribution in [1.29, 1.82) is 5.26 Å². The van der Waals surface area contributed by atoms with Gasteiger partial charge in [0.2, 0.25) is 5.75 Å². The second-order valence-corrected chi connectivity index (χ2v) is 4.42. The van der Waals surface area contributed by atoms with Crippen molar-refractivity contribution in [2.45, 2.75) is 13.8 Å². The van der Waals surface area contributed by atoms with Gasteiger partial charge in [0, 0.05) is 6.07 Å². The van der Waals surface area contributed by atoms with Crippen LogP contribution in [-0.2, 0) is 0 Å². The van der Waals surface area contributed by atoms with E-state index < -0.39 is 4.92 Å². The van der Waals surface area contributed by atoms with Crippen molar-refractivity contribution in [3.63, 3.8) is 0 Å². The van der Waals surface area contributed by atoms with Gasteiger partial charge in [-0.05, 0) is 49.2 Å². The molecule has 0 atom stereocenters. The fraction of sp³-hybridized carbons (Fsp3) is 0.133. The van der Waals surface area contributed by atoms with Gasteiger partial charge in [0.25, 0.3) is 0 Å². The summed E-state index contributed by atoms with van der Waals surface area (Å²) >= 11 is 0. The Morgan fingerprint density at radius 1 is 1.20 bits per heavy atom. The third-order valence-electron chi connectivity index (χ3n) is 2.86. The molecule has 0 N–H and O–H groups in total. The highest BCUT2D eigenvalue weighted by Crippen LogP contribution is 2.32. The lowest BCUT2D eigenvalue weighted by Gasteiger charge is -2.08. The van der Waals surface area contributed by atoms with Crippen molar-refractivity contribution in [2.75, 3.05) is 0 Å². The van der Waals surface area contributed by atoms with Crippen LogP contribution >= 0.6 is 0 Å². The maximum atomic E-state index is 11.0. The maximum Gasteiger partial charge on any atom is 0.311 e. The van der Waals surface area contributed by atoms with E-state index in [1.54, 1.807) is 44.2 Å². The maximum absolute atomic E-state index is 11.0. The summed E-state index contributed by atoms with van der Waals surface area (Å²) in [5, 5.41) is 19.9. The predicted octanol–water partition coefficient (Wildman–Crippen LogP) is 3.88. The van der Waals surface area contributed by atoms with E-state index in [0.717, 1.165) is 11.1 Å². The quantitative estimate of drug-likeness (QED) is 0.625. The summed E-state index contributed by atoms with van der Waals surface area (Å²) < 4.78 is 5.56. The lowest BCUT2D eigenvalue weighted by atomic mass is 10.1. The van der Waals surface area contributed by atoms with Crippen LogP contribution < -0.4 is 4.74 Å². The average Bonchev–Trinajstić information content (AvgIpc) is 2.41. The fourth-order valence-corrected chi connectivity index (χ4v) is 1.81. The predicted molar refractivity (Wildman–Crippen MR) is 73.8 cm³/mol. The Kier molecular flexibility index (Phi) is 3.67. The van der Waals surface area contributed by atoms with E-state index in [0.29, 0.717) is 11.3 Å². The Bertz CT molecular complexity index is 718. The first-order valence-corrected chi connectivity index (χ1v) is 5.95. The minimum absolute atomic E-state index is 0.0768. The minimum Gasteiger partial charge on any atom is -0.450 e. The van der Waals surface area contributed by atoms with E-state index in [1.165, 1.54) is 6.07 Å². The summed E-state index contributed by atoms with van der Waals surface area (Å²) in [5.41, 5.74) is 2.03. The molecule has 0 bridgehead atoms. The molecule has 0 saturated carbocycles. The van der Waals surface area contributed by atoms with Crippen molar-refractivity contribution >= 4 is 5.69 Å². The summed E-state index contributed by atoms with van der Waals surface area (Å²) in [5.74, 6) is 0.651. The highest BCUT2D eigenvalue weighted by Gasteiger charge is 2.16. The number of nitrogens with zero attached hydrogens (tertiary/aromatic N) is 2. The zero-order valence-electron chi connectivity index (χ0n) is 11.1. The molecule has 0 aliphatic rings. The molecule has 2 aromatic carbocycles. The van der Waals surface area contributed by atoms with Gasteiger partial charge in [0.05, 0.1) is 16.6 Å². The number of nitriles is 1. The third kappa shape index (κ3) is 2.75. The lowest BCUT2D eigenvalue weighted by Crippen LogP contribution is -1.94. The van der Waals surface area contributed by atoms with E-state index in [2.05, 4.69) is 6.07 Å². The topological polar surface area (TPSA) is 76.2 Å². The molecule has 0 heterocycles. The Morgan fingerprint density at radius 2 is 1.95 bits per heavy atom. The van der Waals surface area contributed by atoms with Crippen LogP contribution in [0.3, 0.4) is 0 Å². The highest BCUT2D eigenvalue weighted by molar-refractivity contribution is 5.51. The number of ether oxygens (including phenoxy) is 1. The van der Waals surface area contributed by atoms with E-state index in [-0.39, 0.29) is 11.4 Å². The first-order chi connectivity index (χ1) is 9.51. The van der Waals surface area contributed by atoms with Gasteiger partial charge in [-0.15, -0.1) is 0 Å². The summed E-state index contributed by atoms with van der Waals surface area (Å²) in [6, 6.07) is 11.8. The zero-order chi connectivity index (χ0) is 14.7. The largest absolute Gasteiger partial charge is 0.450 e. The van der Waals surface area contributed by atoms with Gasteiger partial charge in [-0.3, -0.25) is 10.1 Å². The molecule has 100 valence electrons. The second kappa shape index (κ2) is 5.41. The Hall–Kier alpha value is -2.87. The molecule has 5 nitrogen and oxygen atoms in total. The molecule has 0 fully saturated rings. The number of hydrogen-bond donors (Lipinski definition) is 0. The highest BCUT2D eigenvalue weighted by atomic mass is 16.6. The molecule has 0 spiro atoms. The number of benzene rings is 2. The monoisotopic (exact) mass is 268 g/mol. The molecular weight excluding hydrogens is 256 g/mol. The van der Waals surface area contributed by atoms with Gasteiger partial charge in [0.1, 0.15) is 5.75 Å². The summed E-state index contributed by atoms with van der Waals surface area (Å²) in [4.78, 5) is 10.5. The third-order valence-corrected chi connectivity index (χ3v) is 2.86. The molecule has 0 aromatic heterocycles. The molecule has 5 heteroatoms. The molecule has 2 aromatic rings. The van der Waals surface area contributed by atoms with Gasteiger partial charge >= 0.3 is 5.69 Å². The second-order valence-electron chi connectivity index (χ2n) is 4.42. The lowest BCUT2D eigenvalue weighted by molar-refractivity contribution is -0.385. The van der Waals surface area contributed by atoms with Crippen molar-refractivity contribution in [1.82, 2.24) is 0 Å². The molecule has 0 amide bonds. The summed E-state index contributed by atoms with van der Waals surface area (Å²) in [6.07, 6.45) is 0. The number of aryl methyl sites for hydroxylation is 2. The first kappa shape index (κ1) is 13.6. The van der Waals surface area contributed by atoms with Crippen LogP contribution in [0.25, 0.3) is 0 Å². The molecule has 20 heavy (non-hydrogen) atoms. The molecule has 0 unspecified atom stereocenters. The van der Waals surface area contributed by atoms with Gasteiger partial charge in [-0.25, -0.2) is 0 Å². The average molecular weight is 268 g/mol. The SMILES string of the molecule is Cc1ccc(Oc2ccc(C#N)c(C)c2)c([N+](=O)[O-])c1. The van der Waals surface area contributed by atoms with E-state index in [1.807, 2.05) is 0 Å². The van der Waals surface area contributed by atoms with Crippen LogP contribution in [0.2, 0.25) is 0 Å². The number of hydrogen-bond acceptors (Lipinski definition) is 4. The Labute approximate surface area is 116 Å². The van der Waals surface area contributed by atoms with Crippen LogP contribution in [0.1, 0.15) is 16.7 Å². The normalized spacial score (nSPS) is 9.85. The van der Waals surface area contributed by atoms with Crippen molar-refractivity contribution in [2.24, 2.45) is 0 Å². The van der Waals surface area contributed by atoms with Crippen LogP contribution in [0.4, 0.5) is 5.69 Å². The van der Waals surface area contributed by atoms with E-state index in [9.17, 15) is 10.1 Å². The molecule has 0 radical (unpaired) electrons. The van der Waals surface area contributed by atoms with Gasteiger partial charge in [-0.1, -0.05) is 6.07 Å². The smallest absolute Gasteiger partial charge is 0.311 e. The number of rotatable bonds is 3. The van der Waals surface area contributed by atoms with Crippen molar-refractivity contribution < 1.29 is 9.66 Å². The zero-order valence-corrected chi connectivity index (χ0v) is 11.1. The van der Waals surface area contributed by atoms with Crippen molar-refractivity contribution in [3.8, 4) is 17.6 Å². The molecular formula is C15H12N2O3. The molecule has 2 rings (SSSR count). The first-order valence-electron chi connectivity index (χ1n) is 5.95. The number of nitro benzene ring substituents is 1. The summed E-state index contributed by atoms with van der Waals surface area (Å²) in [7, 11) is 0. The van der Waals surface area contributed by atoms with Gasteiger partial charge in [0.15, 0.2) is 0 Å². The molecule has 0 aliphatic heterocycles. The van der Waals surface area contributed by atoms with Crippen LogP contribution in [0, 0.1) is 35.3 Å². The summed E-state index contributed by atoms with van der Waals surface area (Å²) in [6.45, 7) is 3.57. The van der Waals surface area contributed by atoms with Gasteiger partial charge in [-0.2, -0.15) is 5.26 Å². The van der Waals surface area contributed by atoms with Crippen LogP contribution in [-0.4, -0.2) is 4.92 Å². The van der Waals surface area contributed by atoms with E-state index in [4.69, 9.17) is 10.00 Å². The molecule has 0 saturated heterocycles. The Balaban J connectivity index is 2.38. The van der Waals surface area contributed by atoms with E-state index >= 15 is 0 Å². The number of nitro groups is 1. The van der Waals surface area contributed by atoms with Crippen LogP contribution in [0.5, 0.6) is 11.5 Å². The van der Waals surface area contributed by atoms with Crippen molar-refractivity contribution in [3.05, 3.63) is 63.2 Å². The fourth-order valence-electron chi connectivity index (χ4n) is 1.81. The van der Waals surface area contributed by atoms with Gasteiger partial charge < -0.3 is 4.74 Å². The standard InChI is InChI=1S/C15H12N2O3/c1-10-3-6-15(14(7-10)17(18)19)20-13-5-4-12(9-16)11(2)8-13/h3-8H,1-2H3.